The lowest BCUT2D eigenvalue weighted by atomic mass is 9.88. The topological polar surface area (TPSA) is 20.2 Å². The van der Waals surface area contributed by atoms with E-state index in [-0.39, 0.29) is 0 Å². The van der Waals surface area contributed by atoms with E-state index in [1.165, 1.54) is 190 Å². The molecule has 1 aromatic rings. The zero-order chi connectivity index (χ0) is 30.5. The van der Waals surface area contributed by atoms with E-state index in [0.29, 0.717) is 11.7 Å². The molecule has 0 saturated carbocycles. The molecule has 2 heteroatoms. The van der Waals surface area contributed by atoms with Crippen LogP contribution in [0.15, 0.2) is 12.1 Å². The largest absolute Gasteiger partial charge is 0.507 e. The molecule has 42 heavy (non-hydrogen) atoms. The second kappa shape index (κ2) is 29.1. The van der Waals surface area contributed by atoms with Gasteiger partial charge >= 0.3 is 0 Å². The summed E-state index contributed by atoms with van der Waals surface area (Å²) in [5, 5.41) is 11.3. The van der Waals surface area contributed by atoms with E-state index in [1.54, 1.807) is 0 Å². The number of phenols is 1. The van der Waals surface area contributed by atoms with Crippen molar-refractivity contribution in [2.75, 3.05) is 5.75 Å². The maximum Gasteiger partial charge on any atom is 0.121 e. The predicted octanol–water partition coefficient (Wildman–Crippen LogP) is 14.1. The lowest BCUT2D eigenvalue weighted by Crippen LogP contribution is -2.04. The van der Waals surface area contributed by atoms with E-state index < -0.39 is 0 Å². The molecule has 0 amide bonds. The Balaban J connectivity index is 2.62. The highest BCUT2D eigenvalue weighted by Gasteiger charge is 2.16. The molecule has 0 bridgehead atoms. The first kappa shape index (κ1) is 39.4. The maximum absolute atomic E-state index is 11.3. The highest BCUT2D eigenvalue weighted by Crippen LogP contribution is 2.33. The molecule has 0 radical (unpaired) electrons. The van der Waals surface area contributed by atoms with Gasteiger partial charge in [-0.25, -0.2) is 0 Å². The van der Waals surface area contributed by atoms with Gasteiger partial charge in [0.1, 0.15) is 5.75 Å². The standard InChI is InChI=1S/C40H74OS/c1-4-7-10-13-16-18-20-22-25-27-30-36-33-39(38(35-42)32-29-24-15-12-9-6-3)34-37(40(36)41)31-28-26-23-21-19-17-14-11-8-5-2/h33-34,38,41-42H,4-32,35H2,1-3H3. The number of rotatable bonds is 31. The van der Waals surface area contributed by atoms with Crippen molar-refractivity contribution in [3.05, 3.63) is 28.8 Å². The van der Waals surface area contributed by atoms with Gasteiger partial charge in [-0.1, -0.05) is 187 Å². The fourth-order valence-corrected chi connectivity index (χ4v) is 6.94. The van der Waals surface area contributed by atoms with Gasteiger partial charge in [0.25, 0.3) is 0 Å². The first-order valence-electron chi connectivity index (χ1n) is 19.1. The molecule has 0 aliphatic heterocycles. The number of unbranched alkanes of at least 4 members (excludes halogenated alkanes) is 23. The van der Waals surface area contributed by atoms with Gasteiger partial charge in [-0.3, -0.25) is 0 Å². The Bertz CT molecular complexity index is 669. The summed E-state index contributed by atoms with van der Waals surface area (Å²) in [6, 6.07) is 4.73. The summed E-state index contributed by atoms with van der Waals surface area (Å²) >= 11 is 4.81. The summed E-state index contributed by atoms with van der Waals surface area (Å²) in [4.78, 5) is 0. The Labute approximate surface area is 270 Å². The Morgan fingerprint density at radius 2 is 0.786 bits per heavy atom. The van der Waals surface area contributed by atoms with Crippen LogP contribution in [0, 0.1) is 0 Å². The number of hydrogen-bond donors (Lipinski definition) is 2. The summed E-state index contributed by atoms with van der Waals surface area (Å²) < 4.78 is 0. The smallest absolute Gasteiger partial charge is 0.121 e. The van der Waals surface area contributed by atoms with Crippen LogP contribution >= 0.6 is 12.6 Å². The summed E-state index contributed by atoms with van der Waals surface area (Å²) in [5.74, 6) is 2.04. The van der Waals surface area contributed by atoms with Crippen LogP contribution in [0.5, 0.6) is 5.75 Å². The fraction of sp³-hybridized carbons (Fsp3) is 0.850. The van der Waals surface area contributed by atoms with Crippen LogP contribution in [0.2, 0.25) is 0 Å². The molecule has 0 spiro atoms. The van der Waals surface area contributed by atoms with Crippen molar-refractivity contribution >= 4 is 12.6 Å². The van der Waals surface area contributed by atoms with Crippen LogP contribution in [-0.4, -0.2) is 10.9 Å². The van der Waals surface area contributed by atoms with Crippen molar-refractivity contribution < 1.29 is 5.11 Å². The number of phenolic OH excluding ortho intramolecular Hbond substituents is 1. The summed E-state index contributed by atoms with van der Waals surface area (Å²) in [5.41, 5.74) is 3.87. The van der Waals surface area contributed by atoms with Gasteiger partial charge in [-0.2, -0.15) is 12.6 Å². The Morgan fingerprint density at radius 3 is 1.12 bits per heavy atom. The van der Waals surface area contributed by atoms with E-state index in [0.717, 1.165) is 18.6 Å². The van der Waals surface area contributed by atoms with Crippen molar-refractivity contribution in [1.29, 1.82) is 0 Å². The van der Waals surface area contributed by atoms with Gasteiger partial charge in [0, 0.05) is 0 Å². The first-order chi connectivity index (χ1) is 20.7. The van der Waals surface area contributed by atoms with Crippen LogP contribution in [0.1, 0.15) is 217 Å². The normalized spacial score (nSPS) is 12.3. The molecule has 1 aromatic carbocycles. The van der Waals surface area contributed by atoms with Crippen molar-refractivity contribution in [2.24, 2.45) is 0 Å². The molecular weight excluding hydrogens is 529 g/mol. The zero-order valence-corrected chi connectivity index (χ0v) is 29.7. The predicted molar refractivity (Wildman–Crippen MR) is 194 cm³/mol. The molecule has 0 aromatic heterocycles. The highest BCUT2D eigenvalue weighted by molar-refractivity contribution is 7.80. The number of aromatic hydroxyl groups is 1. The quantitative estimate of drug-likeness (QED) is 0.0640. The highest BCUT2D eigenvalue weighted by atomic mass is 32.1. The van der Waals surface area contributed by atoms with Crippen molar-refractivity contribution in [2.45, 2.75) is 213 Å². The van der Waals surface area contributed by atoms with E-state index >= 15 is 0 Å². The third kappa shape index (κ3) is 20.3. The van der Waals surface area contributed by atoms with Gasteiger partial charge in [-0.05, 0) is 60.5 Å². The monoisotopic (exact) mass is 603 g/mol. The summed E-state index contributed by atoms with van der Waals surface area (Å²) in [7, 11) is 0. The minimum atomic E-state index is 0.512. The van der Waals surface area contributed by atoms with Gasteiger partial charge in [0.15, 0.2) is 0 Å². The molecule has 1 rings (SSSR count). The Kier molecular flexibility index (Phi) is 27.3. The van der Waals surface area contributed by atoms with Gasteiger partial charge < -0.3 is 5.11 Å². The minimum Gasteiger partial charge on any atom is -0.507 e. The molecule has 0 aliphatic carbocycles. The van der Waals surface area contributed by atoms with E-state index in [9.17, 15) is 5.11 Å². The fourth-order valence-electron chi connectivity index (χ4n) is 6.54. The molecule has 1 nitrogen and oxygen atoms in total. The average molecular weight is 603 g/mol. The molecule has 1 atom stereocenters. The van der Waals surface area contributed by atoms with Gasteiger partial charge in [0.2, 0.25) is 0 Å². The van der Waals surface area contributed by atoms with E-state index in [2.05, 4.69) is 32.9 Å². The number of thiol groups is 1. The van der Waals surface area contributed by atoms with E-state index in [1.807, 2.05) is 0 Å². The van der Waals surface area contributed by atoms with Crippen molar-refractivity contribution in [3.63, 3.8) is 0 Å². The first-order valence-corrected chi connectivity index (χ1v) is 19.8. The van der Waals surface area contributed by atoms with Crippen molar-refractivity contribution in [1.82, 2.24) is 0 Å². The third-order valence-electron chi connectivity index (χ3n) is 9.49. The molecule has 0 heterocycles. The molecule has 0 aliphatic rings. The van der Waals surface area contributed by atoms with Gasteiger partial charge in [0.05, 0.1) is 0 Å². The van der Waals surface area contributed by atoms with Crippen LogP contribution in [-0.2, 0) is 12.8 Å². The average Bonchev–Trinajstić information content (AvgIpc) is 3.00. The van der Waals surface area contributed by atoms with Crippen LogP contribution in [0.4, 0.5) is 0 Å². The molecule has 1 unspecified atom stereocenters. The molecule has 0 saturated heterocycles. The second-order valence-electron chi connectivity index (χ2n) is 13.5. The lowest BCUT2D eigenvalue weighted by Gasteiger charge is -2.20. The SMILES string of the molecule is CCCCCCCCCCCCc1cc(C(CS)CCCCCCCC)cc(CCCCCCCCCCCC)c1O. The molecule has 246 valence electrons. The van der Waals surface area contributed by atoms with Crippen molar-refractivity contribution in [3.8, 4) is 5.75 Å². The maximum atomic E-state index is 11.3. The Hall–Kier alpha value is -0.630. The zero-order valence-electron chi connectivity index (χ0n) is 28.8. The van der Waals surface area contributed by atoms with Crippen LogP contribution in [0.3, 0.4) is 0 Å². The third-order valence-corrected chi connectivity index (χ3v) is 9.93. The number of benzene rings is 1. The lowest BCUT2D eigenvalue weighted by molar-refractivity contribution is 0.455. The van der Waals surface area contributed by atoms with E-state index in [4.69, 9.17) is 12.6 Å². The van der Waals surface area contributed by atoms with Crippen LogP contribution < -0.4 is 0 Å². The number of hydrogen-bond acceptors (Lipinski definition) is 2. The molecule has 0 fully saturated rings. The Morgan fingerprint density at radius 1 is 0.476 bits per heavy atom. The summed E-state index contributed by atoms with van der Waals surface area (Å²) in [6.07, 6.45) is 38.6. The molecule has 1 N–H and O–H groups in total. The van der Waals surface area contributed by atoms with Crippen LogP contribution in [0.25, 0.3) is 0 Å². The molecular formula is C40H74OS. The minimum absolute atomic E-state index is 0.512. The number of aryl methyl sites for hydroxylation is 2. The second-order valence-corrected chi connectivity index (χ2v) is 13.9. The summed E-state index contributed by atoms with van der Waals surface area (Å²) in [6.45, 7) is 6.88. The van der Waals surface area contributed by atoms with Gasteiger partial charge in [-0.15, -0.1) is 0 Å².